The number of rotatable bonds is 3. The number of non-ortho nitro benzene ring substituents is 1. The number of hydrogen-bond donors (Lipinski definition) is 0. The highest BCUT2D eigenvalue weighted by Gasteiger charge is 2.04. The second kappa shape index (κ2) is 3.77. The van der Waals surface area contributed by atoms with Crippen LogP contribution in [0.15, 0.2) is 24.3 Å². The van der Waals surface area contributed by atoms with E-state index in [9.17, 15) is 14.6 Å². The summed E-state index contributed by atoms with van der Waals surface area (Å²) in [4.78, 5) is 13.0. The van der Waals surface area contributed by atoms with Crippen molar-refractivity contribution in [2.45, 2.75) is 6.61 Å². The summed E-state index contributed by atoms with van der Waals surface area (Å²) in [5.74, 6) is 0. The summed E-state index contributed by atoms with van der Waals surface area (Å²) >= 11 is 0. The number of nitrogens with zero attached hydrogens (tertiary/aromatic N) is 1. The first kappa shape index (κ1) is 8.61. The number of hydrogen-bond acceptors (Lipinski definition) is 3. The topological polar surface area (TPSA) is 52.4 Å². The van der Waals surface area contributed by atoms with Gasteiger partial charge in [-0.3, -0.25) is 10.1 Å². The summed E-state index contributed by atoms with van der Waals surface area (Å²) < 4.78 is 11.3. The Morgan fingerprint density at radius 3 is 2.92 bits per heavy atom. The summed E-state index contributed by atoms with van der Waals surface area (Å²) in [6.45, 7) is -0.262. The lowest BCUT2D eigenvalue weighted by atomic mass is 10.2. The van der Waals surface area contributed by atoms with E-state index in [-0.39, 0.29) is 12.3 Å². The maximum atomic E-state index is 11.3. The fourth-order valence-corrected chi connectivity index (χ4v) is 0.823. The summed E-state index contributed by atoms with van der Waals surface area (Å²) in [7, 11) is 0. The number of nitro groups is 1. The van der Waals surface area contributed by atoms with Crippen molar-refractivity contribution in [1.82, 2.24) is 0 Å². The molecule has 0 saturated heterocycles. The number of halogens is 1. The first-order valence-corrected chi connectivity index (χ1v) is 3.21. The summed E-state index contributed by atoms with van der Waals surface area (Å²) in [6, 6.07) is 5.63. The first-order valence-electron chi connectivity index (χ1n) is 3.21. The fraction of sp³-hybridized carbons (Fsp3) is 0.143. The monoisotopic (exact) mass is 171 g/mol. The molecule has 1 aromatic rings. The van der Waals surface area contributed by atoms with E-state index in [1.54, 1.807) is 6.07 Å². The quantitative estimate of drug-likeness (QED) is 0.516. The first-order chi connectivity index (χ1) is 5.74. The van der Waals surface area contributed by atoms with Crippen LogP contribution in [-0.2, 0) is 11.5 Å². The Kier molecular flexibility index (Phi) is 2.71. The SMILES string of the molecule is O=[N+]([O-])c1cccc(COF)c1. The molecule has 64 valence electrons. The Hall–Kier alpha value is -1.49. The maximum absolute atomic E-state index is 11.3. The normalized spacial score (nSPS) is 9.75. The molecule has 0 amide bonds. The molecule has 0 aromatic heterocycles. The van der Waals surface area contributed by atoms with Crippen LogP contribution in [0.5, 0.6) is 0 Å². The Labute approximate surface area is 67.6 Å². The predicted molar refractivity (Wildman–Crippen MR) is 39.0 cm³/mol. The van der Waals surface area contributed by atoms with Gasteiger partial charge in [0.1, 0.15) is 6.61 Å². The third kappa shape index (κ3) is 2.00. The summed E-state index contributed by atoms with van der Waals surface area (Å²) in [6.07, 6.45) is 0. The van der Waals surface area contributed by atoms with Crippen molar-refractivity contribution in [1.29, 1.82) is 0 Å². The Bertz CT molecular complexity index is 290. The molecule has 0 heterocycles. The molecular weight excluding hydrogens is 165 g/mol. The van der Waals surface area contributed by atoms with Gasteiger partial charge in [-0.05, 0) is 10.1 Å². The van der Waals surface area contributed by atoms with Gasteiger partial charge in [-0.25, -0.2) is 0 Å². The van der Waals surface area contributed by atoms with Gasteiger partial charge in [0, 0.05) is 12.1 Å². The molecule has 0 aliphatic carbocycles. The van der Waals surface area contributed by atoms with Gasteiger partial charge < -0.3 is 0 Å². The van der Waals surface area contributed by atoms with Crippen LogP contribution in [-0.4, -0.2) is 4.92 Å². The molecule has 0 unspecified atom stereocenters. The fourth-order valence-electron chi connectivity index (χ4n) is 0.823. The zero-order chi connectivity index (χ0) is 8.97. The highest BCUT2D eigenvalue weighted by molar-refractivity contribution is 5.33. The average Bonchev–Trinajstić information content (AvgIpc) is 2.05. The van der Waals surface area contributed by atoms with E-state index in [0.29, 0.717) is 5.56 Å². The molecular formula is C7H6FNO3. The van der Waals surface area contributed by atoms with Crippen molar-refractivity contribution in [2.75, 3.05) is 0 Å². The molecule has 4 nitrogen and oxygen atoms in total. The van der Waals surface area contributed by atoms with Gasteiger partial charge in [0.15, 0.2) is 0 Å². The molecule has 0 saturated carbocycles. The molecule has 0 aliphatic rings. The second-order valence-electron chi connectivity index (χ2n) is 2.18. The molecule has 0 atom stereocenters. The average molecular weight is 171 g/mol. The number of nitro benzene ring substituents is 1. The van der Waals surface area contributed by atoms with Crippen molar-refractivity contribution in [2.24, 2.45) is 0 Å². The lowest BCUT2D eigenvalue weighted by Crippen LogP contribution is -1.90. The smallest absolute Gasteiger partial charge is 0.258 e. The van der Waals surface area contributed by atoms with E-state index in [2.05, 4.69) is 4.94 Å². The standard InChI is InChI=1S/C7H6FNO3/c8-12-5-6-2-1-3-7(4-6)9(10)11/h1-4H,5H2. The van der Waals surface area contributed by atoms with E-state index in [1.807, 2.05) is 0 Å². The highest BCUT2D eigenvalue weighted by Crippen LogP contribution is 2.13. The van der Waals surface area contributed by atoms with E-state index >= 15 is 0 Å². The van der Waals surface area contributed by atoms with Gasteiger partial charge in [-0.15, -0.1) is 0 Å². The molecule has 0 spiro atoms. The molecule has 0 bridgehead atoms. The third-order valence-corrected chi connectivity index (χ3v) is 1.34. The molecule has 1 aromatic carbocycles. The van der Waals surface area contributed by atoms with Gasteiger partial charge >= 0.3 is 0 Å². The van der Waals surface area contributed by atoms with Gasteiger partial charge in [0.2, 0.25) is 0 Å². The van der Waals surface area contributed by atoms with Gasteiger partial charge in [0.25, 0.3) is 5.69 Å². The van der Waals surface area contributed by atoms with Crippen LogP contribution in [0.4, 0.5) is 10.2 Å². The summed E-state index contributed by atoms with van der Waals surface area (Å²) in [5, 5.41) is 10.2. The Balaban J connectivity index is 2.88. The zero-order valence-electron chi connectivity index (χ0n) is 6.07. The molecule has 0 N–H and O–H groups in total. The van der Waals surface area contributed by atoms with Crippen LogP contribution in [0.1, 0.15) is 5.56 Å². The molecule has 0 fully saturated rings. The Morgan fingerprint density at radius 2 is 2.33 bits per heavy atom. The lowest BCUT2D eigenvalue weighted by Gasteiger charge is -1.95. The predicted octanol–water partition coefficient (Wildman–Crippen LogP) is 2.00. The zero-order valence-corrected chi connectivity index (χ0v) is 6.07. The van der Waals surface area contributed by atoms with E-state index in [0.717, 1.165) is 0 Å². The minimum absolute atomic E-state index is 0.0652. The van der Waals surface area contributed by atoms with Crippen molar-refractivity contribution >= 4 is 5.69 Å². The highest BCUT2D eigenvalue weighted by atomic mass is 19.3. The van der Waals surface area contributed by atoms with Crippen LogP contribution in [0, 0.1) is 10.1 Å². The molecule has 0 aliphatic heterocycles. The van der Waals surface area contributed by atoms with E-state index in [4.69, 9.17) is 0 Å². The minimum Gasteiger partial charge on any atom is -0.258 e. The third-order valence-electron chi connectivity index (χ3n) is 1.34. The second-order valence-corrected chi connectivity index (χ2v) is 2.18. The van der Waals surface area contributed by atoms with Crippen LogP contribution < -0.4 is 0 Å². The maximum Gasteiger partial charge on any atom is 0.269 e. The van der Waals surface area contributed by atoms with Crippen molar-refractivity contribution in [3.8, 4) is 0 Å². The van der Waals surface area contributed by atoms with Gasteiger partial charge in [0.05, 0.1) is 4.92 Å². The minimum atomic E-state index is -0.540. The van der Waals surface area contributed by atoms with E-state index < -0.39 is 4.92 Å². The van der Waals surface area contributed by atoms with Crippen molar-refractivity contribution in [3.05, 3.63) is 39.9 Å². The largest absolute Gasteiger partial charge is 0.269 e. The molecule has 0 radical (unpaired) electrons. The van der Waals surface area contributed by atoms with Crippen molar-refractivity contribution in [3.63, 3.8) is 0 Å². The van der Waals surface area contributed by atoms with Gasteiger partial charge in [-0.1, -0.05) is 12.1 Å². The Morgan fingerprint density at radius 1 is 1.58 bits per heavy atom. The van der Waals surface area contributed by atoms with Crippen LogP contribution in [0.2, 0.25) is 0 Å². The molecule has 12 heavy (non-hydrogen) atoms. The lowest BCUT2D eigenvalue weighted by molar-refractivity contribution is -0.385. The van der Waals surface area contributed by atoms with Gasteiger partial charge in [-0.2, -0.15) is 4.94 Å². The number of benzene rings is 1. The molecule has 1 rings (SSSR count). The van der Waals surface area contributed by atoms with Crippen molar-refractivity contribution < 1.29 is 14.4 Å². The summed E-state index contributed by atoms with van der Waals surface area (Å²) in [5.41, 5.74) is 0.372. The van der Waals surface area contributed by atoms with Crippen LogP contribution in [0.3, 0.4) is 0 Å². The molecule has 5 heteroatoms. The van der Waals surface area contributed by atoms with Crippen LogP contribution >= 0.6 is 0 Å². The van der Waals surface area contributed by atoms with Crippen LogP contribution in [0.25, 0.3) is 0 Å². The van der Waals surface area contributed by atoms with E-state index in [1.165, 1.54) is 18.2 Å².